The summed E-state index contributed by atoms with van der Waals surface area (Å²) < 4.78 is 11.2. The normalized spacial score (nSPS) is 16.5. The fraction of sp³-hybridized carbons (Fsp3) is 0.348. The van der Waals surface area contributed by atoms with Crippen molar-refractivity contribution >= 4 is 17.5 Å². The van der Waals surface area contributed by atoms with Gasteiger partial charge in [-0.3, -0.25) is 4.79 Å². The first kappa shape index (κ1) is 20.4. The fourth-order valence-electron chi connectivity index (χ4n) is 3.40. The van der Waals surface area contributed by atoms with E-state index in [1.807, 2.05) is 48.5 Å². The first-order valence-electron chi connectivity index (χ1n) is 10.1. The number of likely N-dealkylation sites (tertiary alicyclic amines) is 1. The average Bonchev–Trinajstić information content (AvgIpc) is 3.36. The van der Waals surface area contributed by atoms with Gasteiger partial charge in [0.2, 0.25) is 17.6 Å². The van der Waals surface area contributed by atoms with E-state index in [1.54, 1.807) is 4.90 Å². The Balaban J connectivity index is 1.41. The number of ether oxygens (including phenoxy) is 1. The summed E-state index contributed by atoms with van der Waals surface area (Å²) in [6.07, 6.45) is 0.355. The van der Waals surface area contributed by atoms with Crippen molar-refractivity contribution in [1.29, 1.82) is 0 Å². The van der Waals surface area contributed by atoms with Crippen LogP contribution in [0.4, 0.5) is 0 Å². The first-order valence-corrected chi connectivity index (χ1v) is 10.5. The third-order valence-electron chi connectivity index (χ3n) is 5.02. The third kappa shape index (κ3) is 4.65. The zero-order chi connectivity index (χ0) is 21.1. The molecule has 4 rings (SSSR count). The van der Waals surface area contributed by atoms with Crippen molar-refractivity contribution < 1.29 is 14.1 Å². The summed E-state index contributed by atoms with van der Waals surface area (Å²) in [7, 11) is 0. The standard InChI is InChI=1S/C23H24ClN3O3/c1-15(2)14-29-19-9-7-16(8-10-19)22-25-23(30-26-22)18-11-21(28)27(13-18)12-17-5-3-4-6-20(17)24/h3-10,15,18H,11-14H2,1-2H3. The Morgan fingerprint density at radius 2 is 1.97 bits per heavy atom. The monoisotopic (exact) mass is 425 g/mol. The number of carbonyl (C=O) groups is 1. The van der Waals surface area contributed by atoms with Gasteiger partial charge < -0.3 is 14.2 Å². The molecular formula is C23H24ClN3O3. The highest BCUT2D eigenvalue weighted by Crippen LogP contribution is 2.31. The number of benzene rings is 2. The van der Waals surface area contributed by atoms with Gasteiger partial charge in [0, 0.05) is 30.1 Å². The minimum atomic E-state index is -0.116. The largest absolute Gasteiger partial charge is 0.493 e. The minimum Gasteiger partial charge on any atom is -0.493 e. The number of aromatic nitrogens is 2. The van der Waals surface area contributed by atoms with Crippen LogP contribution in [0.15, 0.2) is 53.1 Å². The lowest BCUT2D eigenvalue weighted by Crippen LogP contribution is -2.24. The molecule has 0 aliphatic carbocycles. The van der Waals surface area contributed by atoms with Crippen LogP contribution in [0, 0.1) is 5.92 Å². The van der Waals surface area contributed by atoms with Gasteiger partial charge in [0.25, 0.3) is 0 Å². The van der Waals surface area contributed by atoms with Gasteiger partial charge in [0.1, 0.15) is 5.75 Å². The summed E-state index contributed by atoms with van der Waals surface area (Å²) in [6.45, 7) is 5.91. The molecule has 7 heteroatoms. The molecule has 1 aliphatic heterocycles. The SMILES string of the molecule is CC(C)COc1ccc(-c2noc(C3CC(=O)N(Cc4ccccc4Cl)C3)n2)cc1. The van der Waals surface area contributed by atoms with Crippen molar-refractivity contribution in [3.05, 3.63) is 65.0 Å². The number of halogens is 1. The van der Waals surface area contributed by atoms with E-state index >= 15 is 0 Å². The lowest BCUT2D eigenvalue weighted by atomic mass is 10.1. The molecule has 0 saturated carbocycles. The maximum absolute atomic E-state index is 12.5. The molecular weight excluding hydrogens is 402 g/mol. The third-order valence-corrected chi connectivity index (χ3v) is 5.39. The maximum atomic E-state index is 12.5. The van der Waals surface area contributed by atoms with Crippen LogP contribution in [-0.2, 0) is 11.3 Å². The van der Waals surface area contributed by atoms with Crippen LogP contribution in [0.1, 0.15) is 37.6 Å². The highest BCUT2D eigenvalue weighted by molar-refractivity contribution is 6.31. The van der Waals surface area contributed by atoms with E-state index in [9.17, 15) is 4.79 Å². The summed E-state index contributed by atoms with van der Waals surface area (Å²) in [5, 5.41) is 4.77. The van der Waals surface area contributed by atoms with E-state index in [0.717, 1.165) is 16.9 Å². The van der Waals surface area contributed by atoms with Gasteiger partial charge in [-0.15, -0.1) is 0 Å². The molecule has 30 heavy (non-hydrogen) atoms. The molecule has 0 radical (unpaired) electrons. The van der Waals surface area contributed by atoms with E-state index in [4.69, 9.17) is 20.9 Å². The van der Waals surface area contributed by atoms with Gasteiger partial charge in [-0.05, 0) is 41.8 Å². The minimum absolute atomic E-state index is 0.0614. The molecule has 2 aromatic carbocycles. The van der Waals surface area contributed by atoms with Crippen LogP contribution in [0.2, 0.25) is 5.02 Å². The summed E-state index contributed by atoms with van der Waals surface area (Å²) in [6, 6.07) is 15.2. The molecule has 0 N–H and O–H groups in total. The van der Waals surface area contributed by atoms with E-state index < -0.39 is 0 Å². The Bertz CT molecular complexity index is 1020. The molecule has 2 heterocycles. The van der Waals surface area contributed by atoms with Gasteiger partial charge in [-0.25, -0.2) is 0 Å². The van der Waals surface area contributed by atoms with Crippen LogP contribution in [-0.4, -0.2) is 34.1 Å². The smallest absolute Gasteiger partial charge is 0.232 e. The molecule has 1 unspecified atom stereocenters. The Morgan fingerprint density at radius 3 is 2.70 bits per heavy atom. The van der Waals surface area contributed by atoms with E-state index in [-0.39, 0.29) is 11.8 Å². The molecule has 1 saturated heterocycles. The molecule has 1 atom stereocenters. The van der Waals surface area contributed by atoms with Crippen molar-refractivity contribution in [3.8, 4) is 17.1 Å². The predicted octanol–water partition coefficient (Wildman–Crippen LogP) is 4.94. The van der Waals surface area contributed by atoms with Crippen molar-refractivity contribution in [1.82, 2.24) is 15.0 Å². The van der Waals surface area contributed by atoms with Gasteiger partial charge in [-0.1, -0.05) is 48.8 Å². The zero-order valence-corrected chi connectivity index (χ0v) is 17.8. The number of carbonyl (C=O) groups excluding carboxylic acids is 1. The first-order chi connectivity index (χ1) is 14.5. The van der Waals surface area contributed by atoms with Crippen molar-refractivity contribution in [2.45, 2.75) is 32.7 Å². The molecule has 1 aliphatic rings. The van der Waals surface area contributed by atoms with Gasteiger partial charge in [0.05, 0.1) is 12.5 Å². The highest BCUT2D eigenvalue weighted by Gasteiger charge is 2.34. The van der Waals surface area contributed by atoms with E-state index in [0.29, 0.717) is 48.8 Å². The van der Waals surface area contributed by atoms with Crippen LogP contribution >= 0.6 is 11.6 Å². The molecule has 3 aromatic rings. The van der Waals surface area contributed by atoms with Gasteiger partial charge >= 0.3 is 0 Å². The summed E-state index contributed by atoms with van der Waals surface area (Å²) in [5.74, 6) is 2.22. The summed E-state index contributed by atoms with van der Waals surface area (Å²) in [5.41, 5.74) is 1.78. The second-order valence-electron chi connectivity index (χ2n) is 7.95. The van der Waals surface area contributed by atoms with E-state index in [1.165, 1.54) is 0 Å². The number of rotatable bonds is 7. The summed E-state index contributed by atoms with van der Waals surface area (Å²) >= 11 is 6.23. The van der Waals surface area contributed by atoms with Gasteiger partial charge in [0.15, 0.2) is 0 Å². The molecule has 6 nitrogen and oxygen atoms in total. The number of hydrogen-bond acceptors (Lipinski definition) is 5. The second kappa shape index (κ2) is 8.88. The van der Waals surface area contributed by atoms with E-state index in [2.05, 4.69) is 24.0 Å². The molecule has 1 fully saturated rings. The van der Waals surface area contributed by atoms with Gasteiger partial charge in [-0.2, -0.15) is 4.98 Å². The number of nitrogens with zero attached hydrogens (tertiary/aromatic N) is 3. The second-order valence-corrected chi connectivity index (χ2v) is 8.36. The Hall–Kier alpha value is -2.86. The van der Waals surface area contributed by atoms with Crippen molar-refractivity contribution in [3.63, 3.8) is 0 Å². The maximum Gasteiger partial charge on any atom is 0.232 e. The lowest BCUT2D eigenvalue weighted by Gasteiger charge is -2.16. The predicted molar refractivity (Wildman–Crippen MR) is 114 cm³/mol. The number of amides is 1. The molecule has 0 spiro atoms. The topological polar surface area (TPSA) is 68.5 Å². The van der Waals surface area contributed by atoms with Crippen molar-refractivity contribution in [2.75, 3.05) is 13.2 Å². The van der Waals surface area contributed by atoms with Crippen LogP contribution in [0.25, 0.3) is 11.4 Å². The van der Waals surface area contributed by atoms with Crippen molar-refractivity contribution in [2.24, 2.45) is 5.92 Å². The Morgan fingerprint density at radius 1 is 1.20 bits per heavy atom. The highest BCUT2D eigenvalue weighted by atomic mass is 35.5. The molecule has 0 bridgehead atoms. The van der Waals surface area contributed by atoms with Crippen LogP contribution in [0.3, 0.4) is 0 Å². The zero-order valence-electron chi connectivity index (χ0n) is 17.0. The van der Waals surface area contributed by atoms with Crippen LogP contribution in [0.5, 0.6) is 5.75 Å². The average molecular weight is 426 g/mol. The van der Waals surface area contributed by atoms with Crippen LogP contribution < -0.4 is 4.74 Å². The lowest BCUT2D eigenvalue weighted by molar-refractivity contribution is -0.128. The number of hydrogen-bond donors (Lipinski definition) is 0. The molecule has 1 aromatic heterocycles. The quantitative estimate of drug-likeness (QED) is 0.536. The molecule has 1 amide bonds. The molecule has 156 valence electrons. The summed E-state index contributed by atoms with van der Waals surface area (Å²) in [4.78, 5) is 18.8. The fourth-order valence-corrected chi connectivity index (χ4v) is 3.60. The Labute approximate surface area is 180 Å². The Kier molecular flexibility index (Phi) is 6.04.